The van der Waals surface area contributed by atoms with Gasteiger partial charge in [-0.2, -0.15) is 0 Å². The van der Waals surface area contributed by atoms with Crippen LogP contribution in [-0.2, 0) is 4.79 Å². The Balaban J connectivity index is 1.36. The van der Waals surface area contributed by atoms with Crippen LogP contribution in [-0.4, -0.2) is 11.8 Å². The number of rotatable bonds is 7. The van der Waals surface area contributed by atoms with Gasteiger partial charge in [-0.25, -0.2) is 0 Å². The minimum absolute atomic E-state index is 0.101. The molecule has 0 aliphatic rings. The number of fused-ring (bicyclic) bond motifs is 1. The molecule has 0 aromatic heterocycles. The minimum Gasteiger partial charge on any atom is -0.325 e. The number of hydrogen-bond acceptors (Lipinski definition) is 3. The molecule has 0 saturated heterocycles. The molecule has 5 aromatic rings. The fourth-order valence-corrected chi connectivity index (χ4v) is 5.21. The summed E-state index contributed by atoms with van der Waals surface area (Å²) in [6, 6.07) is 38.7. The topological polar surface area (TPSA) is 58.2 Å². The van der Waals surface area contributed by atoms with Gasteiger partial charge in [0.05, 0.1) is 0 Å². The van der Waals surface area contributed by atoms with Crippen molar-refractivity contribution in [1.29, 1.82) is 0 Å². The second-order valence-electron chi connectivity index (χ2n) is 8.76. The number of amides is 2. The van der Waals surface area contributed by atoms with E-state index in [1.54, 1.807) is 0 Å². The lowest BCUT2D eigenvalue weighted by atomic mass is 10.1. The fraction of sp³-hybridized carbons (Fsp3) is 0.0625. The first-order chi connectivity index (χ1) is 18.1. The Hall–Kier alpha value is -4.35. The van der Waals surface area contributed by atoms with E-state index in [1.807, 2.05) is 128 Å². The molecule has 0 heterocycles. The zero-order valence-electron chi connectivity index (χ0n) is 20.3. The lowest BCUT2D eigenvalue weighted by molar-refractivity contribution is -0.115. The second kappa shape index (κ2) is 11.1. The van der Waals surface area contributed by atoms with Gasteiger partial charge in [0.2, 0.25) is 5.91 Å². The summed E-state index contributed by atoms with van der Waals surface area (Å²) in [6.45, 7) is 1.97. The SMILES string of the molecule is Cc1ccccc1NC(=O)C(Sc1cccc(NC(=O)c2ccc3ccccc3c2)c1)c1ccccc1. The third-order valence-electron chi connectivity index (χ3n) is 6.10. The third kappa shape index (κ3) is 5.90. The van der Waals surface area contributed by atoms with Crippen LogP contribution in [0.5, 0.6) is 0 Å². The molecular weight excluding hydrogens is 476 g/mol. The van der Waals surface area contributed by atoms with Crippen molar-refractivity contribution in [2.45, 2.75) is 17.1 Å². The number of nitrogens with one attached hydrogen (secondary N) is 2. The smallest absolute Gasteiger partial charge is 0.255 e. The van der Waals surface area contributed by atoms with E-state index in [1.165, 1.54) is 11.8 Å². The van der Waals surface area contributed by atoms with Crippen LogP contribution in [0.15, 0.2) is 126 Å². The molecule has 37 heavy (non-hydrogen) atoms. The monoisotopic (exact) mass is 502 g/mol. The Morgan fingerprint density at radius 1 is 0.676 bits per heavy atom. The maximum atomic E-state index is 13.4. The molecule has 2 N–H and O–H groups in total. The Kier molecular flexibility index (Phi) is 7.33. The Morgan fingerprint density at radius 3 is 2.22 bits per heavy atom. The molecule has 4 nitrogen and oxygen atoms in total. The summed E-state index contributed by atoms with van der Waals surface area (Å²) in [6.07, 6.45) is 0. The van der Waals surface area contributed by atoms with Crippen LogP contribution in [0.3, 0.4) is 0 Å². The highest BCUT2D eigenvalue weighted by Crippen LogP contribution is 2.37. The molecule has 0 radical (unpaired) electrons. The van der Waals surface area contributed by atoms with Crippen LogP contribution < -0.4 is 10.6 Å². The highest BCUT2D eigenvalue weighted by Gasteiger charge is 2.23. The van der Waals surface area contributed by atoms with E-state index in [2.05, 4.69) is 10.6 Å². The van der Waals surface area contributed by atoms with Gasteiger partial charge in [-0.05, 0) is 65.2 Å². The van der Waals surface area contributed by atoms with E-state index in [0.29, 0.717) is 11.3 Å². The molecule has 0 fully saturated rings. The van der Waals surface area contributed by atoms with Crippen molar-refractivity contribution in [3.8, 4) is 0 Å². The predicted molar refractivity (Wildman–Crippen MR) is 153 cm³/mol. The molecule has 5 aromatic carbocycles. The van der Waals surface area contributed by atoms with Crippen molar-refractivity contribution in [3.63, 3.8) is 0 Å². The molecular formula is C32H26N2O2S. The number of benzene rings is 5. The van der Waals surface area contributed by atoms with Crippen molar-refractivity contribution in [2.24, 2.45) is 0 Å². The van der Waals surface area contributed by atoms with Gasteiger partial charge in [0.15, 0.2) is 0 Å². The lowest BCUT2D eigenvalue weighted by Crippen LogP contribution is -2.19. The summed E-state index contributed by atoms with van der Waals surface area (Å²) in [4.78, 5) is 27.3. The van der Waals surface area contributed by atoms with Crippen molar-refractivity contribution in [2.75, 3.05) is 10.6 Å². The average molecular weight is 503 g/mol. The first kappa shape index (κ1) is 24.3. The van der Waals surface area contributed by atoms with Gasteiger partial charge in [0.25, 0.3) is 5.91 Å². The standard InChI is InChI=1S/C32H26N2O2S/c1-22-10-5-8-17-29(22)34-32(36)30(24-12-3-2-4-13-24)37-28-16-9-15-27(21-28)33-31(35)26-19-18-23-11-6-7-14-25(23)20-26/h2-21,30H,1H3,(H,33,35)(H,34,36). The highest BCUT2D eigenvalue weighted by molar-refractivity contribution is 8.00. The maximum Gasteiger partial charge on any atom is 0.255 e. The zero-order valence-corrected chi connectivity index (χ0v) is 21.2. The molecule has 1 unspecified atom stereocenters. The molecule has 0 saturated carbocycles. The van der Waals surface area contributed by atoms with Crippen LogP contribution in [0.2, 0.25) is 0 Å². The van der Waals surface area contributed by atoms with Gasteiger partial charge < -0.3 is 10.6 Å². The molecule has 0 bridgehead atoms. The first-order valence-electron chi connectivity index (χ1n) is 12.1. The molecule has 1 atom stereocenters. The van der Waals surface area contributed by atoms with Crippen LogP contribution in [0, 0.1) is 6.92 Å². The van der Waals surface area contributed by atoms with E-state index in [4.69, 9.17) is 0 Å². The number of thioether (sulfide) groups is 1. The van der Waals surface area contributed by atoms with E-state index in [-0.39, 0.29) is 11.8 Å². The fourth-order valence-electron chi connectivity index (χ4n) is 4.13. The van der Waals surface area contributed by atoms with Gasteiger partial charge in [0.1, 0.15) is 5.25 Å². The zero-order chi connectivity index (χ0) is 25.6. The Labute approximate surface area is 220 Å². The molecule has 0 aliphatic heterocycles. The van der Waals surface area contributed by atoms with E-state index in [9.17, 15) is 9.59 Å². The molecule has 5 rings (SSSR count). The van der Waals surface area contributed by atoms with Crippen LogP contribution in [0.25, 0.3) is 10.8 Å². The first-order valence-corrected chi connectivity index (χ1v) is 12.9. The predicted octanol–water partition coefficient (Wildman–Crippen LogP) is 7.87. The second-order valence-corrected chi connectivity index (χ2v) is 9.94. The Bertz CT molecular complexity index is 1570. The molecule has 5 heteroatoms. The van der Waals surface area contributed by atoms with Crippen LogP contribution >= 0.6 is 11.8 Å². The van der Waals surface area contributed by atoms with Crippen molar-refractivity contribution < 1.29 is 9.59 Å². The minimum atomic E-state index is -0.466. The molecule has 0 spiro atoms. The summed E-state index contributed by atoms with van der Waals surface area (Å²) in [5.41, 5.74) is 3.98. The quantitative estimate of drug-likeness (QED) is 0.223. The lowest BCUT2D eigenvalue weighted by Gasteiger charge is -2.18. The number of para-hydroxylation sites is 1. The highest BCUT2D eigenvalue weighted by atomic mass is 32.2. The van der Waals surface area contributed by atoms with Crippen LogP contribution in [0.1, 0.15) is 26.7 Å². The van der Waals surface area contributed by atoms with Gasteiger partial charge >= 0.3 is 0 Å². The van der Waals surface area contributed by atoms with Gasteiger partial charge in [-0.15, -0.1) is 11.8 Å². The Morgan fingerprint density at radius 2 is 1.41 bits per heavy atom. The van der Waals surface area contributed by atoms with E-state index >= 15 is 0 Å². The van der Waals surface area contributed by atoms with E-state index < -0.39 is 5.25 Å². The van der Waals surface area contributed by atoms with Gasteiger partial charge in [-0.1, -0.05) is 84.9 Å². The summed E-state index contributed by atoms with van der Waals surface area (Å²) in [7, 11) is 0. The summed E-state index contributed by atoms with van der Waals surface area (Å²) >= 11 is 1.45. The number of aryl methyl sites for hydroxylation is 1. The summed E-state index contributed by atoms with van der Waals surface area (Å²) in [5, 5.41) is 7.73. The molecule has 2 amide bonds. The normalized spacial score (nSPS) is 11.6. The number of anilines is 2. The average Bonchev–Trinajstić information content (AvgIpc) is 2.93. The summed E-state index contributed by atoms with van der Waals surface area (Å²) in [5.74, 6) is -0.277. The van der Waals surface area contributed by atoms with Gasteiger partial charge in [0, 0.05) is 21.8 Å². The molecule has 182 valence electrons. The maximum absolute atomic E-state index is 13.4. The van der Waals surface area contributed by atoms with Gasteiger partial charge in [-0.3, -0.25) is 9.59 Å². The molecule has 0 aliphatic carbocycles. The summed E-state index contributed by atoms with van der Waals surface area (Å²) < 4.78 is 0. The van der Waals surface area contributed by atoms with E-state index in [0.717, 1.165) is 32.5 Å². The van der Waals surface area contributed by atoms with Crippen LogP contribution in [0.4, 0.5) is 11.4 Å². The number of carbonyl (C=O) groups excluding carboxylic acids is 2. The largest absolute Gasteiger partial charge is 0.325 e. The van der Waals surface area contributed by atoms with Crippen molar-refractivity contribution >= 4 is 45.7 Å². The number of carbonyl (C=O) groups is 2. The third-order valence-corrected chi connectivity index (χ3v) is 7.35. The van der Waals surface area contributed by atoms with Crippen molar-refractivity contribution in [1.82, 2.24) is 0 Å². The number of hydrogen-bond donors (Lipinski definition) is 2. The van der Waals surface area contributed by atoms with Crippen molar-refractivity contribution in [3.05, 3.63) is 138 Å².